The Labute approximate surface area is 138 Å². The standard InChI is InChI=1S/C19H24ClNO/c20-14-16-6-4-11-21(15-16)12-5-13-22-19-10-3-8-17-7-1-2-9-18(17)19/h1-3,7-10,16H,4-6,11-15H2. The minimum Gasteiger partial charge on any atom is -0.493 e. The van der Waals surface area contributed by atoms with Gasteiger partial charge >= 0.3 is 0 Å². The van der Waals surface area contributed by atoms with Crippen LogP contribution < -0.4 is 4.74 Å². The Hall–Kier alpha value is -1.25. The number of benzene rings is 2. The molecule has 0 amide bonds. The molecule has 1 aliphatic heterocycles. The Bertz CT molecular complexity index is 596. The second-order valence-corrected chi connectivity index (χ2v) is 6.45. The molecule has 0 aromatic heterocycles. The van der Waals surface area contributed by atoms with Crippen LogP contribution in [0.15, 0.2) is 42.5 Å². The molecule has 1 aliphatic rings. The molecular weight excluding hydrogens is 294 g/mol. The van der Waals surface area contributed by atoms with E-state index >= 15 is 0 Å². The predicted molar refractivity (Wildman–Crippen MR) is 93.9 cm³/mol. The largest absolute Gasteiger partial charge is 0.493 e. The van der Waals surface area contributed by atoms with Gasteiger partial charge in [0.15, 0.2) is 0 Å². The maximum atomic E-state index is 6.01. The SMILES string of the molecule is ClCC1CCCN(CCCOc2cccc3ccccc23)C1. The van der Waals surface area contributed by atoms with E-state index < -0.39 is 0 Å². The first-order chi connectivity index (χ1) is 10.9. The summed E-state index contributed by atoms with van der Waals surface area (Å²) in [5, 5.41) is 2.44. The van der Waals surface area contributed by atoms with E-state index in [0.29, 0.717) is 5.92 Å². The van der Waals surface area contributed by atoms with Crippen LogP contribution in [0.5, 0.6) is 5.75 Å². The van der Waals surface area contributed by atoms with Gasteiger partial charge in [0.1, 0.15) is 5.75 Å². The van der Waals surface area contributed by atoms with Gasteiger partial charge in [-0.25, -0.2) is 0 Å². The lowest BCUT2D eigenvalue weighted by Gasteiger charge is -2.31. The first-order valence-corrected chi connectivity index (χ1v) is 8.79. The van der Waals surface area contributed by atoms with Crippen molar-refractivity contribution in [3.8, 4) is 5.75 Å². The molecule has 0 bridgehead atoms. The maximum absolute atomic E-state index is 6.01. The molecule has 22 heavy (non-hydrogen) atoms. The molecule has 0 spiro atoms. The lowest BCUT2D eigenvalue weighted by Crippen LogP contribution is -2.37. The summed E-state index contributed by atoms with van der Waals surface area (Å²) < 4.78 is 6.01. The molecule has 3 heteroatoms. The molecule has 118 valence electrons. The fourth-order valence-electron chi connectivity index (χ4n) is 3.27. The lowest BCUT2D eigenvalue weighted by molar-refractivity contribution is 0.171. The van der Waals surface area contributed by atoms with Gasteiger partial charge in [-0.3, -0.25) is 0 Å². The molecule has 3 rings (SSSR count). The van der Waals surface area contributed by atoms with E-state index in [1.165, 1.54) is 30.2 Å². The van der Waals surface area contributed by atoms with Gasteiger partial charge in [0.2, 0.25) is 0 Å². The zero-order valence-electron chi connectivity index (χ0n) is 13.0. The highest BCUT2D eigenvalue weighted by atomic mass is 35.5. The molecule has 0 N–H and O–H groups in total. The van der Waals surface area contributed by atoms with Crippen molar-refractivity contribution in [3.63, 3.8) is 0 Å². The van der Waals surface area contributed by atoms with Gasteiger partial charge in [-0.15, -0.1) is 11.6 Å². The van der Waals surface area contributed by atoms with Crippen LogP contribution in [0.4, 0.5) is 0 Å². The van der Waals surface area contributed by atoms with Crippen molar-refractivity contribution < 1.29 is 4.74 Å². The van der Waals surface area contributed by atoms with E-state index in [1.807, 2.05) is 0 Å². The Kier molecular flexibility index (Phi) is 5.58. The van der Waals surface area contributed by atoms with E-state index in [1.54, 1.807) is 0 Å². The monoisotopic (exact) mass is 317 g/mol. The highest BCUT2D eigenvalue weighted by Crippen LogP contribution is 2.25. The smallest absolute Gasteiger partial charge is 0.127 e. The molecule has 0 aliphatic carbocycles. The zero-order chi connectivity index (χ0) is 15.2. The number of nitrogens with zero attached hydrogens (tertiary/aromatic N) is 1. The normalized spacial score (nSPS) is 19.4. The molecule has 0 radical (unpaired) electrons. The van der Waals surface area contributed by atoms with Crippen molar-refractivity contribution >= 4 is 22.4 Å². The Morgan fingerprint density at radius 1 is 1.14 bits per heavy atom. The first kappa shape index (κ1) is 15.6. The van der Waals surface area contributed by atoms with E-state index in [-0.39, 0.29) is 0 Å². The molecule has 1 fully saturated rings. The van der Waals surface area contributed by atoms with Crippen molar-refractivity contribution in [2.75, 3.05) is 32.1 Å². The molecule has 1 saturated heterocycles. The molecule has 1 heterocycles. The molecular formula is C19H24ClNO. The van der Waals surface area contributed by atoms with Crippen LogP contribution in [0, 0.1) is 5.92 Å². The summed E-state index contributed by atoms with van der Waals surface area (Å²) in [4.78, 5) is 2.53. The zero-order valence-corrected chi connectivity index (χ0v) is 13.8. The number of piperidine rings is 1. The number of hydrogen-bond acceptors (Lipinski definition) is 2. The lowest BCUT2D eigenvalue weighted by atomic mass is 10.00. The summed E-state index contributed by atoms with van der Waals surface area (Å²) in [5.41, 5.74) is 0. The van der Waals surface area contributed by atoms with Crippen LogP contribution in [0.1, 0.15) is 19.3 Å². The number of likely N-dealkylation sites (tertiary alicyclic amines) is 1. The van der Waals surface area contributed by atoms with Crippen molar-refractivity contribution in [2.24, 2.45) is 5.92 Å². The second-order valence-electron chi connectivity index (χ2n) is 6.14. The number of alkyl halides is 1. The van der Waals surface area contributed by atoms with Crippen molar-refractivity contribution in [2.45, 2.75) is 19.3 Å². The van der Waals surface area contributed by atoms with E-state index in [4.69, 9.17) is 16.3 Å². The van der Waals surface area contributed by atoms with Gasteiger partial charge in [-0.1, -0.05) is 36.4 Å². The Balaban J connectivity index is 1.48. The number of hydrogen-bond donors (Lipinski definition) is 0. The summed E-state index contributed by atoms with van der Waals surface area (Å²) in [6.45, 7) is 4.24. The van der Waals surface area contributed by atoms with Crippen molar-refractivity contribution in [1.29, 1.82) is 0 Å². The van der Waals surface area contributed by atoms with Gasteiger partial charge in [0.25, 0.3) is 0 Å². The fourth-order valence-corrected chi connectivity index (χ4v) is 3.52. The summed E-state index contributed by atoms with van der Waals surface area (Å²) in [6, 6.07) is 14.6. The number of fused-ring (bicyclic) bond motifs is 1. The topological polar surface area (TPSA) is 12.5 Å². The maximum Gasteiger partial charge on any atom is 0.127 e. The Morgan fingerprint density at radius 3 is 2.91 bits per heavy atom. The van der Waals surface area contributed by atoms with Gasteiger partial charge in [0, 0.05) is 24.4 Å². The van der Waals surface area contributed by atoms with Gasteiger partial charge in [-0.05, 0) is 43.2 Å². The number of rotatable bonds is 6. The van der Waals surface area contributed by atoms with Gasteiger partial charge < -0.3 is 9.64 Å². The summed E-state index contributed by atoms with van der Waals surface area (Å²) in [7, 11) is 0. The number of ether oxygens (including phenoxy) is 1. The molecule has 2 aromatic carbocycles. The van der Waals surface area contributed by atoms with Gasteiger partial charge in [-0.2, -0.15) is 0 Å². The van der Waals surface area contributed by atoms with Crippen LogP contribution in [-0.2, 0) is 0 Å². The second kappa shape index (κ2) is 7.85. The summed E-state index contributed by atoms with van der Waals surface area (Å²) in [6.07, 6.45) is 3.63. The third-order valence-corrected chi connectivity index (χ3v) is 4.88. The highest BCUT2D eigenvalue weighted by Gasteiger charge is 2.18. The molecule has 1 unspecified atom stereocenters. The first-order valence-electron chi connectivity index (χ1n) is 8.25. The van der Waals surface area contributed by atoms with E-state index in [9.17, 15) is 0 Å². The average molecular weight is 318 g/mol. The third-order valence-electron chi connectivity index (χ3n) is 4.45. The third kappa shape index (κ3) is 3.93. The fraction of sp³-hybridized carbons (Fsp3) is 0.474. The van der Waals surface area contributed by atoms with E-state index in [2.05, 4.69) is 47.4 Å². The number of halogens is 1. The van der Waals surface area contributed by atoms with Crippen LogP contribution >= 0.6 is 11.6 Å². The van der Waals surface area contributed by atoms with Crippen LogP contribution in [0.2, 0.25) is 0 Å². The average Bonchev–Trinajstić information content (AvgIpc) is 2.59. The highest BCUT2D eigenvalue weighted by molar-refractivity contribution is 6.18. The van der Waals surface area contributed by atoms with Crippen LogP contribution in [-0.4, -0.2) is 37.0 Å². The van der Waals surface area contributed by atoms with Crippen molar-refractivity contribution in [3.05, 3.63) is 42.5 Å². The minimum absolute atomic E-state index is 0.675. The van der Waals surface area contributed by atoms with Crippen molar-refractivity contribution in [1.82, 2.24) is 4.90 Å². The predicted octanol–water partition coefficient (Wildman–Crippen LogP) is 4.56. The molecule has 1 atom stereocenters. The summed E-state index contributed by atoms with van der Waals surface area (Å²) in [5.74, 6) is 2.47. The minimum atomic E-state index is 0.675. The molecule has 2 nitrogen and oxygen atoms in total. The van der Waals surface area contributed by atoms with E-state index in [0.717, 1.165) is 37.7 Å². The molecule has 0 saturated carbocycles. The van der Waals surface area contributed by atoms with Gasteiger partial charge in [0.05, 0.1) is 6.61 Å². The van der Waals surface area contributed by atoms with Crippen LogP contribution in [0.3, 0.4) is 0 Å². The molecule has 2 aromatic rings. The Morgan fingerprint density at radius 2 is 2.00 bits per heavy atom. The summed E-state index contributed by atoms with van der Waals surface area (Å²) >= 11 is 5.99. The quantitative estimate of drug-likeness (QED) is 0.572. The van der Waals surface area contributed by atoms with Crippen LogP contribution in [0.25, 0.3) is 10.8 Å².